The second-order valence-corrected chi connectivity index (χ2v) is 4.10. The third kappa shape index (κ3) is 2.89. The quantitative estimate of drug-likeness (QED) is 0.780. The van der Waals surface area contributed by atoms with E-state index in [0.29, 0.717) is 6.42 Å². The molecule has 0 spiro atoms. The highest BCUT2D eigenvalue weighted by Crippen LogP contribution is 2.34. The number of alkyl halides is 2. The monoisotopic (exact) mass is 237 g/mol. The number of hydrogen-bond donors (Lipinski definition) is 1. The summed E-state index contributed by atoms with van der Waals surface area (Å²) >= 11 is 0. The molecule has 0 saturated carbocycles. The molecule has 0 aromatic carbocycles. The number of hydrogen-bond acceptors (Lipinski definition) is 3. The molecular formula is C10H17F2NO3. The first-order valence-corrected chi connectivity index (χ1v) is 5.26. The minimum atomic E-state index is -2.81. The van der Waals surface area contributed by atoms with E-state index in [1.807, 2.05) is 0 Å². The molecule has 1 saturated heterocycles. The summed E-state index contributed by atoms with van der Waals surface area (Å²) in [6, 6.07) is -1.37. The van der Waals surface area contributed by atoms with E-state index in [2.05, 4.69) is 0 Å². The Morgan fingerprint density at radius 3 is 2.75 bits per heavy atom. The Balaban J connectivity index is 2.79. The first-order chi connectivity index (χ1) is 7.41. The number of carboxylic acids is 1. The van der Waals surface area contributed by atoms with Gasteiger partial charge in [-0.15, -0.1) is 0 Å². The highest BCUT2D eigenvalue weighted by atomic mass is 19.3. The Hall–Kier alpha value is -0.750. The van der Waals surface area contributed by atoms with E-state index in [0.717, 1.165) is 0 Å². The van der Waals surface area contributed by atoms with Crippen LogP contribution >= 0.6 is 0 Å². The van der Waals surface area contributed by atoms with Crippen molar-refractivity contribution in [1.29, 1.82) is 0 Å². The van der Waals surface area contributed by atoms with Gasteiger partial charge < -0.3 is 9.84 Å². The van der Waals surface area contributed by atoms with Crippen LogP contribution in [0, 0.1) is 0 Å². The highest BCUT2D eigenvalue weighted by molar-refractivity contribution is 5.73. The predicted octanol–water partition coefficient (Wildman–Crippen LogP) is 1.21. The van der Waals surface area contributed by atoms with E-state index >= 15 is 0 Å². The lowest BCUT2D eigenvalue weighted by Crippen LogP contribution is -2.45. The van der Waals surface area contributed by atoms with Gasteiger partial charge in [-0.3, -0.25) is 9.69 Å². The first kappa shape index (κ1) is 13.3. The molecule has 0 radical (unpaired) electrons. The van der Waals surface area contributed by atoms with Gasteiger partial charge in [-0.25, -0.2) is 8.78 Å². The fraction of sp³-hybridized carbons (Fsp3) is 0.900. The van der Waals surface area contributed by atoms with Gasteiger partial charge in [0.25, 0.3) is 5.92 Å². The summed E-state index contributed by atoms with van der Waals surface area (Å²) in [6.45, 7) is 1.32. The van der Waals surface area contributed by atoms with Crippen LogP contribution in [0.1, 0.15) is 19.8 Å². The Labute approximate surface area is 93.2 Å². The molecule has 16 heavy (non-hydrogen) atoms. The Bertz CT molecular complexity index is 260. The summed E-state index contributed by atoms with van der Waals surface area (Å²) in [7, 11) is 1.43. The van der Waals surface area contributed by atoms with Gasteiger partial charge in [0, 0.05) is 19.6 Å². The van der Waals surface area contributed by atoms with Crippen molar-refractivity contribution in [2.45, 2.75) is 37.8 Å². The van der Waals surface area contributed by atoms with Gasteiger partial charge in [-0.05, 0) is 6.42 Å². The number of likely N-dealkylation sites (tertiary alicyclic amines) is 1. The minimum absolute atomic E-state index is 0.138. The number of methoxy groups -OCH3 is 1. The second kappa shape index (κ2) is 5.05. The zero-order chi connectivity index (χ0) is 12.3. The van der Waals surface area contributed by atoms with Crippen LogP contribution < -0.4 is 0 Å². The van der Waals surface area contributed by atoms with Crippen LogP contribution in [0.5, 0.6) is 0 Å². The van der Waals surface area contributed by atoms with Gasteiger partial charge in [0.2, 0.25) is 0 Å². The first-order valence-electron chi connectivity index (χ1n) is 5.26. The topological polar surface area (TPSA) is 49.8 Å². The van der Waals surface area contributed by atoms with Gasteiger partial charge in [0.05, 0.1) is 13.2 Å². The molecule has 0 bridgehead atoms. The van der Waals surface area contributed by atoms with E-state index in [4.69, 9.17) is 9.84 Å². The third-order valence-electron chi connectivity index (χ3n) is 2.85. The molecule has 6 heteroatoms. The molecule has 1 heterocycles. The zero-order valence-corrected chi connectivity index (χ0v) is 9.45. The van der Waals surface area contributed by atoms with Crippen LogP contribution in [-0.2, 0) is 9.53 Å². The lowest BCUT2D eigenvalue weighted by atomic mass is 10.1. The molecule has 0 aliphatic carbocycles. The van der Waals surface area contributed by atoms with Crippen LogP contribution in [0.4, 0.5) is 8.78 Å². The minimum Gasteiger partial charge on any atom is -0.480 e. The van der Waals surface area contributed by atoms with Crippen molar-refractivity contribution in [2.75, 3.05) is 20.3 Å². The summed E-state index contributed by atoms with van der Waals surface area (Å²) in [5.74, 6) is -3.87. The van der Waals surface area contributed by atoms with Crippen molar-refractivity contribution < 1.29 is 23.4 Å². The van der Waals surface area contributed by atoms with Crippen molar-refractivity contribution in [1.82, 2.24) is 4.90 Å². The fourth-order valence-corrected chi connectivity index (χ4v) is 2.19. The molecule has 0 unspecified atom stereocenters. The molecule has 0 amide bonds. The molecule has 1 rings (SSSR count). The Kier molecular flexibility index (Phi) is 4.21. The predicted molar refractivity (Wildman–Crippen MR) is 53.6 cm³/mol. The maximum atomic E-state index is 13.2. The van der Waals surface area contributed by atoms with E-state index in [1.54, 1.807) is 6.92 Å². The normalized spacial score (nSPS) is 26.9. The molecule has 1 fully saturated rings. The van der Waals surface area contributed by atoms with Gasteiger partial charge in [-0.1, -0.05) is 6.92 Å². The van der Waals surface area contributed by atoms with Crippen LogP contribution in [-0.4, -0.2) is 54.2 Å². The van der Waals surface area contributed by atoms with Crippen LogP contribution in [0.3, 0.4) is 0 Å². The smallest absolute Gasteiger partial charge is 0.320 e. The molecule has 2 atom stereocenters. The number of rotatable bonds is 5. The van der Waals surface area contributed by atoms with Gasteiger partial charge >= 0.3 is 5.97 Å². The molecule has 4 nitrogen and oxygen atoms in total. The molecule has 1 N–H and O–H groups in total. The molecule has 0 aromatic heterocycles. The maximum absolute atomic E-state index is 13.2. The average Bonchev–Trinajstić information content (AvgIpc) is 2.43. The van der Waals surface area contributed by atoms with E-state index in [9.17, 15) is 13.6 Å². The van der Waals surface area contributed by atoms with Gasteiger partial charge in [0.1, 0.15) is 6.04 Å². The summed E-state index contributed by atoms with van der Waals surface area (Å²) in [6.07, 6.45) is -0.0176. The Morgan fingerprint density at radius 1 is 1.69 bits per heavy atom. The molecule has 0 aromatic rings. The Morgan fingerprint density at radius 2 is 2.31 bits per heavy atom. The molecule has 1 aliphatic heterocycles. The van der Waals surface area contributed by atoms with Crippen LogP contribution in [0.25, 0.3) is 0 Å². The van der Waals surface area contributed by atoms with Crippen LogP contribution in [0.15, 0.2) is 0 Å². The van der Waals surface area contributed by atoms with Crippen molar-refractivity contribution in [2.24, 2.45) is 0 Å². The second-order valence-electron chi connectivity index (χ2n) is 4.10. The molecule has 1 aliphatic rings. The van der Waals surface area contributed by atoms with Crippen molar-refractivity contribution >= 4 is 5.97 Å². The molecule has 94 valence electrons. The van der Waals surface area contributed by atoms with E-state index < -0.39 is 30.5 Å². The van der Waals surface area contributed by atoms with E-state index in [-0.39, 0.29) is 13.0 Å². The molecular weight excluding hydrogens is 220 g/mol. The zero-order valence-electron chi connectivity index (χ0n) is 9.45. The summed E-state index contributed by atoms with van der Waals surface area (Å²) in [5, 5.41) is 8.96. The van der Waals surface area contributed by atoms with Gasteiger partial charge in [-0.2, -0.15) is 0 Å². The number of ether oxygens (including phenoxy) is 1. The van der Waals surface area contributed by atoms with Crippen molar-refractivity contribution in [3.05, 3.63) is 0 Å². The maximum Gasteiger partial charge on any atom is 0.320 e. The lowest BCUT2D eigenvalue weighted by Gasteiger charge is -2.28. The summed E-state index contributed by atoms with van der Waals surface area (Å²) in [5.41, 5.74) is 0. The van der Waals surface area contributed by atoms with Crippen molar-refractivity contribution in [3.8, 4) is 0 Å². The van der Waals surface area contributed by atoms with Crippen LogP contribution in [0.2, 0.25) is 0 Å². The SMILES string of the molecule is CC[C@@H](C(=O)O)N1CC(F)(F)C[C@@H]1COC. The fourth-order valence-electron chi connectivity index (χ4n) is 2.19. The van der Waals surface area contributed by atoms with Crippen molar-refractivity contribution in [3.63, 3.8) is 0 Å². The standard InChI is InChI=1S/C10H17F2NO3/c1-3-8(9(14)15)13-6-10(11,12)4-7(13)5-16-2/h7-8H,3-6H2,1-2H3,(H,14,15)/t7-,8+/m1/s1. The lowest BCUT2D eigenvalue weighted by molar-refractivity contribution is -0.144. The number of carbonyl (C=O) groups is 1. The number of aliphatic carboxylic acids is 1. The number of nitrogens with zero attached hydrogens (tertiary/aromatic N) is 1. The van der Waals surface area contributed by atoms with Gasteiger partial charge in [0.15, 0.2) is 0 Å². The number of carboxylic acid groups (broad SMARTS) is 1. The largest absolute Gasteiger partial charge is 0.480 e. The summed E-state index contributed by atoms with van der Waals surface area (Å²) in [4.78, 5) is 12.3. The highest BCUT2D eigenvalue weighted by Gasteiger charge is 2.48. The average molecular weight is 237 g/mol. The third-order valence-corrected chi connectivity index (χ3v) is 2.85. The summed E-state index contributed by atoms with van der Waals surface area (Å²) < 4.78 is 31.3. The van der Waals surface area contributed by atoms with E-state index in [1.165, 1.54) is 12.0 Å². The number of halogens is 2.